The van der Waals surface area contributed by atoms with Crippen molar-refractivity contribution in [3.63, 3.8) is 0 Å². The fraction of sp³-hybridized carbons (Fsp3) is 0.409. The lowest BCUT2D eigenvalue weighted by Gasteiger charge is -2.38. The first kappa shape index (κ1) is 20.2. The zero-order valence-electron chi connectivity index (χ0n) is 16.5. The quantitative estimate of drug-likeness (QED) is 0.767. The van der Waals surface area contributed by atoms with Crippen LogP contribution in [0.1, 0.15) is 37.2 Å². The number of cyclic esters (lactones) is 1. The molecule has 1 heterocycles. The Bertz CT molecular complexity index is 784. The van der Waals surface area contributed by atoms with Crippen LogP contribution in [0.15, 0.2) is 48.5 Å². The summed E-state index contributed by atoms with van der Waals surface area (Å²) in [5.41, 5.74) is 1.61. The predicted octanol–water partition coefficient (Wildman–Crippen LogP) is 3.45. The van der Waals surface area contributed by atoms with Gasteiger partial charge in [-0.05, 0) is 41.3 Å². The van der Waals surface area contributed by atoms with Crippen LogP contribution in [0.5, 0.6) is 11.5 Å². The highest BCUT2D eigenvalue weighted by molar-refractivity contribution is 5.76. The second-order valence-electron chi connectivity index (χ2n) is 7.12. The van der Waals surface area contributed by atoms with Crippen LogP contribution in [0.3, 0.4) is 0 Å². The number of carbonyl (C=O) groups is 1. The fourth-order valence-corrected chi connectivity index (χ4v) is 3.19. The number of esters is 1. The van der Waals surface area contributed by atoms with Gasteiger partial charge in [-0.3, -0.25) is 0 Å². The van der Waals surface area contributed by atoms with Crippen LogP contribution in [0.2, 0.25) is 0 Å². The SMILES string of the molecule is COc1ccc([C@@H]2OC(=O)[C@H]([C@@H](O)C(C)C)O[C@H]2c2ccc(OC)cc2)cc1. The molecule has 0 aliphatic carbocycles. The van der Waals surface area contributed by atoms with E-state index in [2.05, 4.69) is 0 Å². The topological polar surface area (TPSA) is 74.2 Å². The predicted molar refractivity (Wildman–Crippen MR) is 103 cm³/mol. The molecule has 2 aromatic carbocycles. The van der Waals surface area contributed by atoms with Gasteiger partial charge >= 0.3 is 5.97 Å². The second kappa shape index (κ2) is 8.63. The minimum absolute atomic E-state index is 0.147. The molecule has 0 spiro atoms. The molecule has 1 aliphatic rings. The summed E-state index contributed by atoms with van der Waals surface area (Å²) < 4.78 is 22.3. The summed E-state index contributed by atoms with van der Waals surface area (Å²) in [6, 6.07) is 14.7. The zero-order chi connectivity index (χ0) is 20.3. The average Bonchev–Trinajstić information content (AvgIpc) is 2.73. The molecule has 4 atom stereocenters. The first-order chi connectivity index (χ1) is 13.4. The van der Waals surface area contributed by atoms with Gasteiger partial charge in [-0.25, -0.2) is 4.79 Å². The van der Waals surface area contributed by atoms with Crippen LogP contribution in [-0.2, 0) is 14.3 Å². The highest BCUT2D eigenvalue weighted by atomic mass is 16.6. The van der Waals surface area contributed by atoms with E-state index in [0.717, 1.165) is 16.9 Å². The standard InChI is InChI=1S/C22H26O6/c1-13(2)18(23)21-22(24)28-20(15-7-11-17(26-4)12-8-15)19(27-21)14-5-9-16(25-3)10-6-14/h5-13,18-21,23H,1-4H3/t18-,19-,20-,21-/m0/s1. The molecule has 28 heavy (non-hydrogen) atoms. The Balaban J connectivity index is 1.96. The summed E-state index contributed by atoms with van der Waals surface area (Å²) in [5, 5.41) is 10.4. The van der Waals surface area contributed by atoms with Gasteiger partial charge in [0.05, 0.1) is 20.3 Å². The summed E-state index contributed by atoms with van der Waals surface area (Å²) in [6.07, 6.45) is -3.19. The van der Waals surface area contributed by atoms with Crippen molar-refractivity contribution in [1.82, 2.24) is 0 Å². The molecule has 0 amide bonds. The number of aliphatic hydroxyl groups is 1. The Kier molecular flexibility index (Phi) is 6.21. The summed E-state index contributed by atoms with van der Waals surface area (Å²) in [4.78, 5) is 12.6. The molecule has 0 radical (unpaired) electrons. The molecular weight excluding hydrogens is 360 g/mol. The minimum atomic E-state index is -1.04. The number of ether oxygens (including phenoxy) is 4. The maximum atomic E-state index is 12.6. The number of carbonyl (C=O) groups excluding carboxylic acids is 1. The molecule has 1 N–H and O–H groups in total. The molecule has 6 nitrogen and oxygen atoms in total. The lowest BCUT2D eigenvalue weighted by Crippen LogP contribution is -2.47. The first-order valence-corrected chi connectivity index (χ1v) is 9.26. The molecule has 0 bridgehead atoms. The van der Waals surface area contributed by atoms with Crippen LogP contribution < -0.4 is 9.47 Å². The second-order valence-corrected chi connectivity index (χ2v) is 7.12. The number of hydrogen-bond donors (Lipinski definition) is 1. The zero-order valence-corrected chi connectivity index (χ0v) is 16.5. The average molecular weight is 386 g/mol. The van der Waals surface area contributed by atoms with Crippen LogP contribution in [0, 0.1) is 5.92 Å². The molecule has 1 fully saturated rings. The van der Waals surface area contributed by atoms with Gasteiger partial charge in [0, 0.05) is 0 Å². The number of hydrogen-bond acceptors (Lipinski definition) is 6. The Morgan fingerprint density at radius 1 is 0.857 bits per heavy atom. The highest BCUT2D eigenvalue weighted by Crippen LogP contribution is 2.41. The summed E-state index contributed by atoms with van der Waals surface area (Å²) in [6.45, 7) is 3.67. The van der Waals surface area contributed by atoms with Crippen molar-refractivity contribution in [1.29, 1.82) is 0 Å². The Morgan fingerprint density at radius 3 is 1.75 bits per heavy atom. The highest BCUT2D eigenvalue weighted by Gasteiger charge is 2.44. The van der Waals surface area contributed by atoms with Crippen molar-refractivity contribution in [2.24, 2.45) is 5.92 Å². The van der Waals surface area contributed by atoms with Crippen molar-refractivity contribution >= 4 is 5.97 Å². The van der Waals surface area contributed by atoms with E-state index >= 15 is 0 Å². The van der Waals surface area contributed by atoms with Crippen LogP contribution in [0.4, 0.5) is 0 Å². The number of benzene rings is 2. The van der Waals surface area contributed by atoms with Gasteiger partial charge in [-0.15, -0.1) is 0 Å². The van der Waals surface area contributed by atoms with E-state index in [4.69, 9.17) is 18.9 Å². The number of methoxy groups -OCH3 is 2. The minimum Gasteiger partial charge on any atom is -0.497 e. The molecule has 2 aromatic rings. The van der Waals surface area contributed by atoms with Gasteiger partial charge < -0.3 is 24.1 Å². The van der Waals surface area contributed by atoms with E-state index in [9.17, 15) is 9.90 Å². The van der Waals surface area contributed by atoms with Crippen molar-refractivity contribution in [2.45, 2.75) is 38.3 Å². The van der Waals surface area contributed by atoms with Gasteiger partial charge in [0.1, 0.15) is 17.6 Å². The maximum absolute atomic E-state index is 12.6. The summed E-state index contributed by atoms with van der Waals surface area (Å²) in [7, 11) is 3.19. The number of aliphatic hydroxyl groups excluding tert-OH is 1. The Hall–Kier alpha value is -2.57. The lowest BCUT2D eigenvalue weighted by molar-refractivity contribution is -0.219. The van der Waals surface area contributed by atoms with Gasteiger partial charge in [-0.2, -0.15) is 0 Å². The van der Waals surface area contributed by atoms with Crippen molar-refractivity contribution < 1.29 is 28.8 Å². The van der Waals surface area contributed by atoms with Gasteiger partial charge in [0.15, 0.2) is 12.2 Å². The van der Waals surface area contributed by atoms with Crippen molar-refractivity contribution in [3.8, 4) is 11.5 Å². The molecule has 1 saturated heterocycles. The first-order valence-electron chi connectivity index (χ1n) is 9.26. The third-order valence-electron chi connectivity index (χ3n) is 4.93. The molecule has 0 aromatic heterocycles. The van der Waals surface area contributed by atoms with E-state index in [1.807, 2.05) is 62.4 Å². The summed E-state index contributed by atoms with van der Waals surface area (Å²) in [5.74, 6) is 0.718. The lowest BCUT2D eigenvalue weighted by atomic mass is 9.94. The van der Waals surface area contributed by atoms with E-state index in [0.29, 0.717) is 5.75 Å². The molecule has 6 heteroatoms. The maximum Gasteiger partial charge on any atom is 0.338 e. The van der Waals surface area contributed by atoms with E-state index < -0.39 is 30.4 Å². The molecule has 3 rings (SSSR count). The van der Waals surface area contributed by atoms with Crippen LogP contribution in [-0.4, -0.2) is 37.5 Å². The Morgan fingerprint density at radius 2 is 1.32 bits per heavy atom. The van der Waals surface area contributed by atoms with Crippen LogP contribution in [0.25, 0.3) is 0 Å². The van der Waals surface area contributed by atoms with Crippen molar-refractivity contribution in [2.75, 3.05) is 14.2 Å². The van der Waals surface area contributed by atoms with E-state index in [1.54, 1.807) is 14.2 Å². The molecule has 0 saturated carbocycles. The monoisotopic (exact) mass is 386 g/mol. The normalized spacial score (nSPS) is 23.2. The van der Waals surface area contributed by atoms with E-state index in [-0.39, 0.29) is 5.92 Å². The van der Waals surface area contributed by atoms with E-state index in [1.165, 1.54) is 0 Å². The number of rotatable bonds is 6. The molecule has 150 valence electrons. The summed E-state index contributed by atoms with van der Waals surface area (Å²) >= 11 is 0. The van der Waals surface area contributed by atoms with Gasteiger partial charge in [0.2, 0.25) is 0 Å². The van der Waals surface area contributed by atoms with Crippen molar-refractivity contribution in [3.05, 3.63) is 59.7 Å². The molecular formula is C22H26O6. The largest absolute Gasteiger partial charge is 0.497 e. The Labute approximate surface area is 165 Å². The van der Waals surface area contributed by atoms with Crippen LogP contribution >= 0.6 is 0 Å². The molecule has 1 aliphatic heterocycles. The fourth-order valence-electron chi connectivity index (χ4n) is 3.19. The molecule has 0 unspecified atom stereocenters. The smallest absolute Gasteiger partial charge is 0.338 e. The third-order valence-corrected chi connectivity index (χ3v) is 4.93. The van der Waals surface area contributed by atoms with Gasteiger partial charge in [0.25, 0.3) is 0 Å². The van der Waals surface area contributed by atoms with Gasteiger partial charge in [-0.1, -0.05) is 38.1 Å². The third kappa shape index (κ3) is 4.13.